The van der Waals surface area contributed by atoms with Gasteiger partial charge >= 0.3 is 0 Å². The van der Waals surface area contributed by atoms with Gasteiger partial charge in [0.25, 0.3) is 0 Å². The van der Waals surface area contributed by atoms with Crippen LogP contribution in [0.2, 0.25) is 0 Å². The summed E-state index contributed by atoms with van der Waals surface area (Å²) in [5.41, 5.74) is 6.38. The summed E-state index contributed by atoms with van der Waals surface area (Å²) in [6.07, 6.45) is 0. The molecule has 0 amide bonds. The van der Waals surface area contributed by atoms with Crippen molar-refractivity contribution in [1.29, 1.82) is 0 Å². The second-order valence-electron chi connectivity index (χ2n) is 4.70. The normalized spacial score (nSPS) is 13.1. The largest absolute Gasteiger partial charge is 0.330 e. The van der Waals surface area contributed by atoms with Gasteiger partial charge in [-0.25, -0.2) is 17.2 Å². The molecule has 0 aliphatic heterocycles. The Bertz CT molecular complexity index is 718. The molecule has 0 spiro atoms. The van der Waals surface area contributed by atoms with Crippen LogP contribution < -0.4 is 5.73 Å². The quantitative estimate of drug-likeness (QED) is 0.923. The average molecular weight is 311 g/mol. The zero-order chi connectivity index (χ0) is 15.5. The number of halogens is 2. The minimum absolute atomic E-state index is 0.0974. The lowest BCUT2D eigenvalue weighted by Gasteiger charge is -2.15. The van der Waals surface area contributed by atoms with Crippen molar-refractivity contribution in [3.05, 3.63) is 65.7 Å². The molecule has 0 bridgehead atoms. The molecule has 0 heterocycles. The Balaban J connectivity index is 2.34. The third kappa shape index (κ3) is 3.65. The van der Waals surface area contributed by atoms with E-state index in [1.54, 1.807) is 30.3 Å². The van der Waals surface area contributed by atoms with Crippen molar-refractivity contribution in [1.82, 2.24) is 0 Å². The van der Waals surface area contributed by atoms with Crippen molar-refractivity contribution >= 4 is 9.84 Å². The van der Waals surface area contributed by atoms with Crippen LogP contribution in [0.15, 0.2) is 53.4 Å². The van der Waals surface area contributed by atoms with Crippen LogP contribution >= 0.6 is 0 Å². The zero-order valence-corrected chi connectivity index (χ0v) is 12.0. The first-order valence-electron chi connectivity index (χ1n) is 6.37. The van der Waals surface area contributed by atoms with Crippen molar-refractivity contribution in [3.8, 4) is 0 Å². The lowest BCUT2D eigenvalue weighted by atomic mass is 10.0. The third-order valence-corrected chi connectivity index (χ3v) is 5.03. The maximum Gasteiger partial charge on any atom is 0.182 e. The molecule has 112 valence electrons. The van der Waals surface area contributed by atoms with Crippen LogP contribution in [0.5, 0.6) is 0 Å². The lowest BCUT2D eigenvalue weighted by Crippen LogP contribution is -2.22. The summed E-state index contributed by atoms with van der Waals surface area (Å²) in [6.45, 7) is 0.0974. The Morgan fingerprint density at radius 1 is 1.05 bits per heavy atom. The molecule has 0 saturated heterocycles. The second kappa shape index (κ2) is 6.32. The molecule has 2 aromatic rings. The number of nitrogens with two attached hydrogens (primary N) is 1. The fourth-order valence-corrected chi connectivity index (χ4v) is 3.79. The molecule has 0 saturated carbocycles. The Hall–Kier alpha value is -1.79. The standard InChI is InChI=1S/C15H15F2NO2S/c16-13-6-7-14(17)15(8-13)21(19,20)10-12(9-18)11-4-2-1-3-5-11/h1-8,12H,9-10,18H2. The first kappa shape index (κ1) is 15.6. The van der Waals surface area contributed by atoms with Crippen LogP contribution in [0.4, 0.5) is 8.78 Å². The lowest BCUT2D eigenvalue weighted by molar-refractivity contribution is 0.549. The first-order chi connectivity index (χ1) is 9.94. The van der Waals surface area contributed by atoms with E-state index in [9.17, 15) is 17.2 Å². The van der Waals surface area contributed by atoms with Crippen LogP contribution in [0.25, 0.3) is 0 Å². The van der Waals surface area contributed by atoms with Gasteiger partial charge in [-0.1, -0.05) is 30.3 Å². The van der Waals surface area contributed by atoms with Gasteiger partial charge in [-0.15, -0.1) is 0 Å². The maximum atomic E-state index is 13.6. The zero-order valence-electron chi connectivity index (χ0n) is 11.2. The Morgan fingerprint density at radius 3 is 2.33 bits per heavy atom. The highest BCUT2D eigenvalue weighted by molar-refractivity contribution is 7.91. The molecule has 6 heteroatoms. The summed E-state index contributed by atoms with van der Waals surface area (Å²) in [6, 6.07) is 11.2. The van der Waals surface area contributed by atoms with Gasteiger partial charge in [0.15, 0.2) is 9.84 Å². The van der Waals surface area contributed by atoms with Crippen LogP contribution in [-0.4, -0.2) is 20.7 Å². The highest BCUT2D eigenvalue weighted by atomic mass is 32.2. The van der Waals surface area contributed by atoms with E-state index in [0.717, 1.165) is 17.7 Å². The summed E-state index contributed by atoms with van der Waals surface area (Å²) in [4.78, 5) is -0.628. The molecule has 2 rings (SSSR count). The molecule has 2 N–H and O–H groups in total. The van der Waals surface area contributed by atoms with Crippen molar-refractivity contribution in [3.63, 3.8) is 0 Å². The van der Waals surface area contributed by atoms with Crippen LogP contribution in [0, 0.1) is 11.6 Å². The third-order valence-electron chi connectivity index (χ3n) is 3.20. The molecule has 1 atom stereocenters. The van der Waals surface area contributed by atoms with Gasteiger partial charge in [-0.3, -0.25) is 0 Å². The smallest absolute Gasteiger partial charge is 0.182 e. The van der Waals surface area contributed by atoms with E-state index in [-0.39, 0.29) is 12.3 Å². The Labute approximate surface area is 122 Å². The van der Waals surface area contributed by atoms with Gasteiger partial charge in [-0.05, 0) is 23.8 Å². The van der Waals surface area contributed by atoms with Crippen LogP contribution in [0.3, 0.4) is 0 Å². The summed E-state index contributed by atoms with van der Waals surface area (Å²) < 4.78 is 51.4. The van der Waals surface area contributed by atoms with E-state index in [1.807, 2.05) is 0 Å². The van der Waals surface area contributed by atoms with E-state index in [0.29, 0.717) is 6.07 Å². The summed E-state index contributed by atoms with van der Waals surface area (Å²) >= 11 is 0. The number of sulfone groups is 1. The molecule has 0 aliphatic rings. The van der Waals surface area contributed by atoms with E-state index >= 15 is 0 Å². The van der Waals surface area contributed by atoms with E-state index in [4.69, 9.17) is 5.73 Å². The number of hydrogen-bond acceptors (Lipinski definition) is 3. The van der Waals surface area contributed by atoms with E-state index in [2.05, 4.69) is 0 Å². The predicted molar refractivity (Wildman–Crippen MR) is 76.6 cm³/mol. The minimum Gasteiger partial charge on any atom is -0.330 e. The van der Waals surface area contributed by atoms with Gasteiger partial charge in [0.1, 0.15) is 16.5 Å². The van der Waals surface area contributed by atoms with Crippen LogP contribution in [0.1, 0.15) is 11.5 Å². The molecule has 0 fully saturated rings. The fraction of sp³-hybridized carbons (Fsp3) is 0.200. The topological polar surface area (TPSA) is 60.2 Å². The summed E-state index contributed by atoms with van der Waals surface area (Å²) in [5, 5.41) is 0. The number of benzene rings is 2. The molecule has 0 aliphatic carbocycles. The molecule has 3 nitrogen and oxygen atoms in total. The monoisotopic (exact) mass is 311 g/mol. The molecule has 1 unspecified atom stereocenters. The SMILES string of the molecule is NCC(CS(=O)(=O)c1cc(F)ccc1F)c1ccccc1. The van der Waals surface area contributed by atoms with Crippen molar-refractivity contribution < 1.29 is 17.2 Å². The predicted octanol–water partition coefficient (Wildman–Crippen LogP) is 2.48. The maximum absolute atomic E-state index is 13.6. The summed E-state index contributed by atoms with van der Waals surface area (Å²) in [7, 11) is -3.97. The van der Waals surface area contributed by atoms with Crippen molar-refractivity contribution in [2.75, 3.05) is 12.3 Å². The molecule has 21 heavy (non-hydrogen) atoms. The minimum atomic E-state index is -3.97. The highest BCUT2D eigenvalue weighted by Crippen LogP contribution is 2.23. The van der Waals surface area contributed by atoms with Gasteiger partial charge in [-0.2, -0.15) is 0 Å². The highest BCUT2D eigenvalue weighted by Gasteiger charge is 2.25. The van der Waals surface area contributed by atoms with Crippen LogP contribution in [-0.2, 0) is 9.84 Å². The molecule has 0 aromatic heterocycles. The van der Waals surface area contributed by atoms with E-state index < -0.39 is 32.3 Å². The molecular formula is C15H15F2NO2S. The first-order valence-corrected chi connectivity index (χ1v) is 8.02. The van der Waals surface area contributed by atoms with Crippen molar-refractivity contribution in [2.24, 2.45) is 5.73 Å². The Kier molecular flexibility index (Phi) is 4.69. The second-order valence-corrected chi connectivity index (χ2v) is 6.70. The fourth-order valence-electron chi connectivity index (χ4n) is 2.10. The molecular weight excluding hydrogens is 296 g/mol. The van der Waals surface area contributed by atoms with Gasteiger partial charge in [0.2, 0.25) is 0 Å². The van der Waals surface area contributed by atoms with Gasteiger partial charge in [0, 0.05) is 12.5 Å². The molecule has 0 radical (unpaired) electrons. The summed E-state index contributed by atoms with van der Waals surface area (Å²) in [5.74, 6) is -2.59. The van der Waals surface area contributed by atoms with Gasteiger partial charge in [0.05, 0.1) is 5.75 Å². The average Bonchev–Trinajstić information content (AvgIpc) is 2.48. The van der Waals surface area contributed by atoms with Crippen molar-refractivity contribution in [2.45, 2.75) is 10.8 Å². The van der Waals surface area contributed by atoms with E-state index in [1.165, 1.54) is 0 Å². The van der Waals surface area contributed by atoms with Gasteiger partial charge < -0.3 is 5.73 Å². The molecule has 2 aromatic carbocycles. The number of hydrogen-bond donors (Lipinski definition) is 1. The Morgan fingerprint density at radius 2 is 1.71 bits per heavy atom. The number of rotatable bonds is 5.